The van der Waals surface area contributed by atoms with Gasteiger partial charge in [-0.1, -0.05) is 12.1 Å². The van der Waals surface area contributed by atoms with E-state index in [4.69, 9.17) is 9.84 Å². The lowest BCUT2D eigenvalue weighted by Gasteiger charge is -2.26. The summed E-state index contributed by atoms with van der Waals surface area (Å²) in [6, 6.07) is 5.37. The molecule has 1 aliphatic heterocycles. The maximum Gasteiger partial charge on any atom is 0.269 e. The summed E-state index contributed by atoms with van der Waals surface area (Å²) in [4.78, 5) is 9.98. The van der Waals surface area contributed by atoms with Crippen LogP contribution in [-0.2, 0) is 11.2 Å². The monoisotopic (exact) mass is 285 g/mol. The smallest absolute Gasteiger partial charge is 0.269 e. The number of hydrogen-bond acceptors (Lipinski definition) is 7. The van der Waals surface area contributed by atoms with Gasteiger partial charge in [-0.2, -0.15) is 0 Å². The third-order valence-corrected chi connectivity index (χ3v) is 3.31. The minimum Gasteiger partial charge on any atom is -0.394 e. The fourth-order valence-corrected chi connectivity index (χ4v) is 2.19. The zero-order valence-electron chi connectivity index (χ0n) is 10.4. The summed E-state index contributed by atoms with van der Waals surface area (Å²) in [5.41, 5.74) is 0.393. The Morgan fingerprint density at radius 1 is 1.30 bits per heavy atom. The third kappa shape index (κ3) is 2.65. The van der Waals surface area contributed by atoms with Crippen LogP contribution in [0.25, 0.3) is 0 Å². The first kappa shape index (κ1) is 14.8. The van der Waals surface area contributed by atoms with E-state index in [2.05, 4.69) is 0 Å². The molecule has 0 aliphatic carbocycles. The van der Waals surface area contributed by atoms with Crippen molar-refractivity contribution in [1.82, 2.24) is 0 Å². The van der Waals surface area contributed by atoms with Crippen LogP contribution in [0, 0.1) is 10.1 Å². The van der Waals surface area contributed by atoms with Crippen LogP contribution in [-0.4, -0.2) is 56.1 Å². The fraction of sp³-hybridized carbons (Fsp3) is 0.500. The van der Waals surface area contributed by atoms with E-state index < -0.39 is 35.6 Å². The average Bonchev–Trinajstić information content (AvgIpc) is 2.63. The van der Waals surface area contributed by atoms with Crippen molar-refractivity contribution < 1.29 is 30.1 Å². The van der Waals surface area contributed by atoms with E-state index in [9.17, 15) is 25.4 Å². The molecule has 0 radical (unpaired) electrons. The predicted molar refractivity (Wildman–Crippen MR) is 65.7 cm³/mol. The molecule has 20 heavy (non-hydrogen) atoms. The van der Waals surface area contributed by atoms with Crippen LogP contribution in [0.15, 0.2) is 24.3 Å². The third-order valence-electron chi connectivity index (χ3n) is 3.31. The molecule has 8 nitrogen and oxygen atoms in total. The Morgan fingerprint density at radius 3 is 2.35 bits per heavy atom. The molecule has 0 bridgehead atoms. The molecule has 0 saturated carbocycles. The van der Waals surface area contributed by atoms with Crippen molar-refractivity contribution in [1.29, 1.82) is 0 Å². The Kier molecular flexibility index (Phi) is 4.02. The number of aliphatic hydroxyl groups is 4. The largest absolute Gasteiger partial charge is 0.394 e. The lowest BCUT2D eigenvalue weighted by atomic mass is 9.98. The number of nitrogens with zero attached hydrogens (tertiary/aromatic N) is 1. The van der Waals surface area contributed by atoms with Crippen molar-refractivity contribution in [3.8, 4) is 0 Å². The van der Waals surface area contributed by atoms with Gasteiger partial charge in [-0.15, -0.1) is 0 Å². The van der Waals surface area contributed by atoms with Gasteiger partial charge < -0.3 is 25.2 Å². The Bertz CT molecular complexity index is 491. The highest BCUT2D eigenvalue weighted by Crippen LogP contribution is 2.32. The molecule has 1 aliphatic rings. The van der Waals surface area contributed by atoms with Crippen molar-refractivity contribution in [3.63, 3.8) is 0 Å². The zero-order valence-corrected chi connectivity index (χ0v) is 10.4. The van der Waals surface area contributed by atoms with E-state index in [0.29, 0.717) is 5.56 Å². The van der Waals surface area contributed by atoms with Gasteiger partial charge >= 0.3 is 0 Å². The van der Waals surface area contributed by atoms with Gasteiger partial charge in [0, 0.05) is 18.6 Å². The molecular weight excluding hydrogens is 270 g/mol. The molecule has 8 heteroatoms. The minimum atomic E-state index is -2.04. The Balaban J connectivity index is 2.14. The second-order valence-electron chi connectivity index (χ2n) is 4.72. The predicted octanol–water partition coefficient (Wildman–Crippen LogP) is -1.06. The number of hydrogen-bond donors (Lipinski definition) is 4. The molecule has 1 saturated heterocycles. The quantitative estimate of drug-likeness (QED) is 0.409. The molecule has 2 rings (SSSR count). The Hall–Kier alpha value is -1.58. The minimum absolute atomic E-state index is 0.0955. The first-order valence-electron chi connectivity index (χ1n) is 5.98. The van der Waals surface area contributed by atoms with Gasteiger partial charge in [0.05, 0.1) is 11.5 Å². The molecule has 0 spiro atoms. The van der Waals surface area contributed by atoms with Gasteiger partial charge in [0.25, 0.3) is 5.69 Å². The molecule has 0 unspecified atom stereocenters. The summed E-state index contributed by atoms with van der Waals surface area (Å²) < 4.78 is 5.08. The molecule has 4 N–H and O–H groups in total. The maximum atomic E-state index is 10.5. The first-order valence-corrected chi connectivity index (χ1v) is 5.98. The standard InChI is InChI=1S/C12H15NO7/c14-6-9-10(15)11(16)12(17,20-9)5-7-1-3-8(4-2-7)13(18)19/h1-4,9-11,14-17H,5-6H2/t9-,10-,11+,12+/m1/s1. The maximum absolute atomic E-state index is 10.5. The molecule has 4 atom stereocenters. The van der Waals surface area contributed by atoms with Crippen LogP contribution < -0.4 is 0 Å². The van der Waals surface area contributed by atoms with Crippen molar-refractivity contribution in [2.45, 2.75) is 30.5 Å². The second-order valence-corrected chi connectivity index (χ2v) is 4.72. The van der Waals surface area contributed by atoms with Gasteiger partial charge in [0.2, 0.25) is 0 Å². The average molecular weight is 285 g/mol. The highest BCUT2D eigenvalue weighted by atomic mass is 16.7. The summed E-state index contributed by atoms with van der Waals surface area (Å²) in [5.74, 6) is -2.04. The first-order chi connectivity index (χ1) is 9.37. The second kappa shape index (κ2) is 5.43. The van der Waals surface area contributed by atoms with Crippen LogP contribution in [0.2, 0.25) is 0 Å². The van der Waals surface area contributed by atoms with E-state index in [1.807, 2.05) is 0 Å². The van der Waals surface area contributed by atoms with Crippen LogP contribution >= 0.6 is 0 Å². The van der Waals surface area contributed by atoms with Gasteiger partial charge in [0.1, 0.15) is 18.3 Å². The van der Waals surface area contributed by atoms with Gasteiger partial charge in [0.15, 0.2) is 5.79 Å². The number of aliphatic hydroxyl groups excluding tert-OH is 3. The summed E-state index contributed by atoms with van der Waals surface area (Å²) in [5, 5.41) is 49.1. The molecular formula is C12H15NO7. The van der Waals surface area contributed by atoms with E-state index in [1.54, 1.807) is 0 Å². The number of nitro groups is 1. The lowest BCUT2D eigenvalue weighted by Crippen LogP contribution is -2.44. The van der Waals surface area contributed by atoms with Crippen molar-refractivity contribution in [2.24, 2.45) is 0 Å². The summed E-state index contributed by atoms with van der Waals surface area (Å²) in [6.07, 6.45) is -4.22. The molecule has 1 heterocycles. The fourth-order valence-electron chi connectivity index (χ4n) is 2.19. The molecule has 1 aromatic rings. The van der Waals surface area contributed by atoms with E-state index in [0.717, 1.165) is 0 Å². The molecule has 1 fully saturated rings. The number of ether oxygens (including phenoxy) is 1. The van der Waals surface area contributed by atoms with Crippen molar-refractivity contribution in [3.05, 3.63) is 39.9 Å². The van der Waals surface area contributed by atoms with Crippen LogP contribution in [0.5, 0.6) is 0 Å². The topological polar surface area (TPSA) is 133 Å². The number of nitro benzene ring substituents is 1. The summed E-state index contributed by atoms with van der Waals surface area (Å²) in [7, 11) is 0. The summed E-state index contributed by atoms with van der Waals surface area (Å²) >= 11 is 0. The number of rotatable bonds is 4. The van der Waals surface area contributed by atoms with Crippen LogP contribution in [0.4, 0.5) is 5.69 Å². The zero-order chi connectivity index (χ0) is 14.9. The lowest BCUT2D eigenvalue weighted by molar-refractivity contribution is -0.384. The Labute approximate surface area is 114 Å². The summed E-state index contributed by atoms with van der Waals surface area (Å²) in [6.45, 7) is -0.541. The van der Waals surface area contributed by atoms with Crippen molar-refractivity contribution >= 4 is 5.69 Å². The van der Waals surface area contributed by atoms with Crippen LogP contribution in [0.1, 0.15) is 5.56 Å². The van der Waals surface area contributed by atoms with E-state index >= 15 is 0 Å². The van der Waals surface area contributed by atoms with Gasteiger partial charge in [-0.25, -0.2) is 0 Å². The van der Waals surface area contributed by atoms with E-state index in [-0.39, 0.29) is 12.1 Å². The SMILES string of the molecule is O=[N+]([O-])c1ccc(C[C@]2(O)O[C@H](CO)[C@@H](O)[C@@H]2O)cc1. The highest BCUT2D eigenvalue weighted by molar-refractivity contribution is 5.33. The van der Waals surface area contributed by atoms with Gasteiger partial charge in [-0.05, 0) is 5.56 Å². The van der Waals surface area contributed by atoms with Crippen molar-refractivity contribution in [2.75, 3.05) is 6.61 Å². The molecule has 110 valence electrons. The molecule has 0 aromatic heterocycles. The Morgan fingerprint density at radius 2 is 1.90 bits per heavy atom. The molecule has 0 amide bonds. The number of non-ortho nitro benzene ring substituents is 1. The molecule has 1 aromatic carbocycles. The van der Waals surface area contributed by atoms with Gasteiger partial charge in [-0.3, -0.25) is 10.1 Å². The van der Waals surface area contributed by atoms with E-state index in [1.165, 1.54) is 24.3 Å². The normalized spacial score (nSPS) is 33.3. The number of benzene rings is 1. The highest BCUT2D eigenvalue weighted by Gasteiger charge is 2.52. The van der Waals surface area contributed by atoms with Crippen LogP contribution in [0.3, 0.4) is 0 Å².